The normalized spacial score (nSPS) is 16.6. The van der Waals surface area contributed by atoms with E-state index in [1.807, 2.05) is 6.07 Å². The number of fused-ring (bicyclic) bond motifs is 2. The molecule has 0 saturated carbocycles. The molecular formula is C23H23N5O4. The maximum atomic E-state index is 13.3. The molecule has 0 bridgehead atoms. The number of hydrogen-bond acceptors (Lipinski definition) is 5. The summed E-state index contributed by atoms with van der Waals surface area (Å²) < 4.78 is 6.73. The average molecular weight is 433 g/mol. The number of carbonyl (C=O) groups is 1. The molecule has 2 N–H and O–H groups in total. The van der Waals surface area contributed by atoms with Crippen LogP contribution in [-0.2, 0) is 0 Å². The number of hydrogen-bond donors (Lipinski definition) is 2. The average Bonchev–Trinajstić information content (AvgIpc) is 3.23. The van der Waals surface area contributed by atoms with Crippen molar-refractivity contribution < 1.29 is 9.53 Å². The number of pyridine rings is 1. The Bertz CT molecular complexity index is 1470. The Morgan fingerprint density at radius 1 is 1.25 bits per heavy atom. The summed E-state index contributed by atoms with van der Waals surface area (Å²) in [5.74, 6) is 0.270. The van der Waals surface area contributed by atoms with Gasteiger partial charge in [-0.05, 0) is 31.9 Å². The van der Waals surface area contributed by atoms with Gasteiger partial charge >= 0.3 is 0 Å². The van der Waals surface area contributed by atoms with Crippen LogP contribution in [0.25, 0.3) is 16.6 Å². The monoisotopic (exact) mass is 433 g/mol. The molecule has 1 saturated heterocycles. The van der Waals surface area contributed by atoms with Gasteiger partial charge in [0.25, 0.3) is 11.5 Å². The van der Waals surface area contributed by atoms with Crippen LogP contribution in [0.1, 0.15) is 40.5 Å². The first-order valence-corrected chi connectivity index (χ1v) is 10.5. The summed E-state index contributed by atoms with van der Waals surface area (Å²) >= 11 is 0. The highest BCUT2D eigenvalue weighted by Gasteiger charge is 2.28. The Morgan fingerprint density at radius 2 is 2.09 bits per heavy atom. The van der Waals surface area contributed by atoms with E-state index in [1.54, 1.807) is 30.0 Å². The van der Waals surface area contributed by atoms with Crippen LogP contribution in [-0.4, -0.2) is 50.6 Å². The summed E-state index contributed by atoms with van der Waals surface area (Å²) in [6.45, 7) is 2.81. The summed E-state index contributed by atoms with van der Waals surface area (Å²) in [5.41, 5.74) is 2.27. The number of aryl methyl sites for hydroxylation is 1. The van der Waals surface area contributed by atoms with Gasteiger partial charge in [0.1, 0.15) is 11.3 Å². The zero-order chi connectivity index (χ0) is 22.4. The second kappa shape index (κ2) is 7.67. The number of piperidine rings is 1. The van der Waals surface area contributed by atoms with E-state index in [1.165, 1.54) is 23.9 Å². The number of nitrogens with one attached hydrogen (secondary N) is 2. The van der Waals surface area contributed by atoms with Gasteiger partial charge in [-0.1, -0.05) is 6.07 Å². The van der Waals surface area contributed by atoms with Crippen LogP contribution in [0.3, 0.4) is 0 Å². The Labute approximate surface area is 182 Å². The Morgan fingerprint density at radius 3 is 2.91 bits per heavy atom. The Kier molecular flexibility index (Phi) is 4.80. The van der Waals surface area contributed by atoms with Crippen molar-refractivity contribution >= 4 is 22.5 Å². The van der Waals surface area contributed by atoms with Gasteiger partial charge in [0.2, 0.25) is 5.43 Å². The Balaban J connectivity index is 1.45. The quantitative estimate of drug-likeness (QED) is 0.514. The largest absolute Gasteiger partial charge is 0.495 e. The van der Waals surface area contributed by atoms with Crippen molar-refractivity contribution in [3.63, 3.8) is 0 Å². The van der Waals surface area contributed by atoms with Gasteiger partial charge in [0.15, 0.2) is 5.65 Å². The van der Waals surface area contributed by atoms with Crippen molar-refractivity contribution in [3.05, 3.63) is 74.1 Å². The van der Waals surface area contributed by atoms with E-state index >= 15 is 0 Å². The molecule has 1 aromatic carbocycles. The standard InChI is InChI=1S/C23H23N5O4/c1-13-9-20(29)28-19(25-13)10-17(26-28)14-5-4-8-27(12-14)23(31)16-11-24-21-15(22(16)30)6-3-7-18(21)32-2/h3,6-7,9-11,14,26H,4-5,8,12H2,1-2H3,(H,24,30)/t14-/m0/s1. The van der Waals surface area contributed by atoms with Crippen LogP contribution in [0, 0.1) is 6.92 Å². The maximum Gasteiger partial charge on any atom is 0.272 e. The van der Waals surface area contributed by atoms with Crippen LogP contribution >= 0.6 is 0 Å². The van der Waals surface area contributed by atoms with Crippen LogP contribution in [0.15, 0.2) is 46.1 Å². The minimum absolute atomic E-state index is 0.0220. The Hall–Kier alpha value is -3.88. The number of likely N-dealkylation sites (tertiary alicyclic amines) is 1. The van der Waals surface area contributed by atoms with Crippen molar-refractivity contribution in [2.45, 2.75) is 25.7 Å². The van der Waals surface area contributed by atoms with Crippen LogP contribution in [0.2, 0.25) is 0 Å². The molecule has 0 aliphatic carbocycles. The first-order valence-electron chi connectivity index (χ1n) is 10.5. The molecular weight excluding hydrogens is 410 g/mol. The van der Waals surface area contributed by atoms with Crippen molar-refractivity contribution in [2.75, 3.05) is 20.2 Å². The van der Waals surface area contributed by atoms with Gasteiger partial charge in [-0.25, -0.2) is 9.50 Å². The number of carbonyl (C=O) groups excluding carboxylic acids is 1. The zero-order valence-electron chi connectivity index (χ0n) is 17.8. The number of aromatic nitrogens is 4. The van der Waals surface area contributed by atoms with E-state index in [-0.39, 0.29) is 28.4 Å². The molecule has 5 rings (SSSR count). The molecule has 32 heavy (non-hydrogen) atoms. The third-order valence-corrected chi connectivity index (χ3v) is 6.07. The third kappa shape index (κ3) is 3.26. The number of H-pyrrole nitrogens is 2. The number of para-hydroxylation sites is 1. The molecule has 164 valence electrons. The number of methoxy groups -OCH3 is 1. The fraction of sp³-hybridized carbons (Fsp3) is 0.304. The van der Waals surface area contributed by atoms with Gasteiger partial charge in [-0.15, -0.1) is 0 Å². The molecule has 4 aromatic rings. The van der Waals surface area contributed by atoms with E-state index in [9.17, 15) is 14.4 Å². The summed E-state index contributed by atoms with van der Waals surface area (Å²) in [4.78, 5) is 47.7. The lowest BCUT2D eigenvalue weighted by atomic mass is 9.94. The lowest BCUT2D eigenvalue weighted by Crippen LogP contribution is -2.41. The lowest BCUT2D eigenvalue weighted by molar-refractivity contribution is 0.0704. The van der Waals surface area contributed by atoms with Crippen molar-refractivity contribution in [2.24, 2.45) is 0 Å². The molecule has 1 fully saturated rings. The fourth-order valence-electron chi connectivity index (χ4n) is 4.48. The summed E-state index contributed by atoms with van der Waals surface area (Å²) in [6, 6.07) is 8.52. The first-order chi connectivity index (χ1) is 15.5. The van der Waals surface area contributed by atoms with Gasteiger partial charge < -0.3 is 14.6 Å². The van der Waals surface area contributed by atoms with Crippen LogP contribution in [0.5, 0.6) is 5.75 Å². The molecule has 0 unspecified atom stereocenters. The number of nitrogens with zero attached hydrogens (tertiary/aromatic N) is 3. The number of aromatic amines is 2. The SMILES string of the molecule is COc1cccc2c(=O)c(C(=O)N3CCC[C@H](c4cc5nc(C)cc(=O)n5[nH]4)C3)c[nH]c12. The molecule has 0 radical (unpaired) electrons. The van der Waals surface area contributed by atoms with E-state index in [4.69, 9.17) is 4.74 Å². The van der Waals surface area contributed by atoms with Gasteiger partial charge in [-0.3, -0.25) is 19.5 Å². The minimum Gasteiger partial charge on any atom is -0.495 e. The molecule has 3 aromatic heterocycles. The predicted octanol–water partition coefficient (Wildman–Crippen LogP) is 2.20. The molecule has 0 spiro atoms. The van der Waals surface area contributed by atoms with E-state index in [0.29, 0.717) is 41.1 Å². The second-order valence-corrected chi connectivity index (χ2v) is 8.15. The maximum absolute atomic E-state index is 13.3. The highest BCUT2D eigenvalue weighted by atomic mass is 16.5. The van der Waals surface area contributed by atoms with Gasteiger partial charge in [0.05, 0.1) is 18.0 Å². The van der Waals surface area contributed by atoms with E-state index in [2.05, 4.69) is 15.1 Å². The predicted molar refractivity (Wildman–Crippen MR) is 120 cm³/mol. The summed E-state index contributed by atoms with van der Waals surface area (Å²) in [6.07, 6.45) is 3.14. The zero-order valence-corrected chi connectivity index (χ0v) is 17.8. The highest BCUT2D eigenvalue weighted by Crippen LogP contribution is 2.27. The van der Waals surface area contributed by atoms with Crippen molar-refractivity contribution in [1.82, 2.24) is 24.5 Å². The molecule has 1 aliphatic rings. The third-order valence-electron chi connectivity index (χ3n) is 6.07. The number of ether oxygens (including phenoxy) is 1. The van der Waals surface area contributed by atoms with Crippen molar-refractivity contribution in [3.8, 4) is 5.75 Å². The van der Waals surface area contributed by atoms with Crippen molar-refractivity contribution in [1.29, 1.82) is 0 Å². The van der Waals surface area contributed by atoms with E-state index in [0.717, 1.165) is 18.5 Å². The number of rotatable bonds is 3. The molecule has 9 nitrogen and oxygen atoms in total. The second-order valence-electron chi connectivity index (χ2n) is 8.15. The van der Waals surface area contributed by atoms with Crippen LogP contribution in [0.4, 0.5) is 0 Å². The molecule has 1 aliphatic heterocycles. The smallest absolute Gasteiger partial charge is 0.272 e. The molecule has 4 heterocycles. The van der Waals surface area contributed by atoms with Crippen LogP contribution < -0.4 is 15.7 Å². The molecule has 9 heteroatoms. The number of amides is 1. The fourth-order valence-corrected chi connectivity index (χ4v) is 4.48. The first kappa shape index (κ1) is 20.0. The van der Waals surface area contributed by atoms with Gasteiger partial charge in [0, 0.05) is 48.7 Å². The van der Waals surface area contributed by atoms with Gasteiger partial charge in [-0.2, -0.15) is 0 Å². The van der Waals surface area contributed by atoms with E-state index < -0.39 is 0 Å². The minimum atomic E-state index is -0.318. The topological polar surface area (TPSA) is 113 Å². The summed E-state index contributed by atoms with van der Waals surface area (Å²) in [7, 11) is 1.54. The highest BCUT2D eigenvalue weighted by molar-refractivity contribution is 5.98. The molecule has 1 amide bonds. The number of benzene rings is 1. The lowest BCUT2D eigenvalue weighted by Gasteiger charge is -2.32. The molecule has 1 atom stereocenters. The summed E-state index contributed by atoms with van der Waals surface area (Å²) in [5, 5.41) is 3.55.